The number of ether oxygens (including phenoxy) is 1. The number of methoxy groups -OCH3 is 1. The molecule has 1 N–H and O–H groups in total. The second-order valence-corrected chi connectivity index (χ2v) is 4.85. The van der Waals surface area contributed by atoms with Gasteiger partial charge in [-0.2, -0.15) is 16.9 Å². The first-order valence-electron chi connectivity index (χ1n) is 5.27. The topological polar surface area (TPSA) is 56.1 Å². The van der Waals surface area contributed by atoms with Gasteiger partial charge in [0.1, 0.15) is 5.82 Å². The molecule has 1 aromatic heterocycles. The zero-order valence-electron chi connectivity index (χ0n) is 10.1. The Hall–Kier alpha value is -1.43. The fourth-order valence-electron chi connectivity index (χ4n) is 1.73. The zero-order chi connectivity index (χ0) is 12.4. The van der Waals surface area contributed by atoms with E-state index in [0.717, 1.165) is 28.5 Å². The lowest BCUT2D eigenvalue weighted by Crippen LogP contribution is -2.12. The Morgan fingerprint density at radius 3 is 2.94 bits per heavy atom. The molecular weight excluding hydrogens is 238 g/mol. The third kappa shape index (κ3) is 2.46. The third-order valence-corrected chi connectivity index (χ3v) is 3.56. The van der Waals surface area contributed by atoms with Gasteiger partial charge in [-0.1, -0.05) is 0 Å². The average molecular weight is 253 g/mol. The Labute approximate surface area is 104 Å². The van der Waals surface area contributed by atoms with Gasteiger partial charge in [0.05, 0.1) is 18.4 Å². The van der Waals surface area contributed by atoms with Crippen molar-refractivity contribution in [1.82, 2.24) is 9.78 Å². The van der Waals surface area contributed by atoms with Gasteiger partial charge < -0.3 is 10.1 Å². The van der Waals surface area contributed by atoms with Gasteiger partial charge in [-0.05, 0) is 6.92 Å². The first-order chi connectivity index (χ1) is 8.11. The number of rotatable bonds is 3. The molecule has 1 aromatic rings. The molecule has 0 bridgehead atoms. The largest absolute Gasteiger partial charge is 0.466 e. The number of thioether (sulfide) groups is 1. The van der Waals surface area contributed by atoms with Gasteiger partial charge in [0.15, 0.2) is 0 Å². The summed E-state index contributed by atoms with van der Waals surface area (Å²) in [5.74, 6) is 2.14. The number of esters is 1. The zero-order valence-corrected chi connectivity index (χ0v) is 10.9. The quantitative estimate of drug-likeness (QED) is 0.823. The molecular formula is C11H15N3O2S. The van der Waals surface area contributed by atoms with Crippen LogP contribution in [-0.2, 0) is 16.6 Å². The van der Waals surface area contributed by atoms with Crippen molar-refractivity contribution in [3.05, 3.63) is 23.0 Å². The van der Waals surface area contributed by atoms with E-state index >= 15 is 0 Å². The molecule has 92 valence electrons. The summed E-state index contributed by atoms with van der Waals surface area (Å²) in [7, 11) is 3.28. The molecule has 0 saturated heterocycles. The highest BCUT2D eigenvalue weighted by atomic mass is 32.2. The van der Waals surface area contributed by atoms with Crippen LogP contribution in [0.25, 0.3) is 0 Å². The van der Waals surface area contributed by atoms with Crippen LogP contribution in [0.5, 0.6) is 0 Å². The van der Waals surface area contributed by atoms with E-state index in [0.29, 0.717) is 5.75 Å². The normalized spacial score (nSPS) is 15.2. The smallest absolute Gasteiger partial charge is 0.336 e. The highest BCUT2D eigenvalue weighted by molar-refractivity contribution is 8.00. The van der Waals surface area contributed by atoms with Gasteiger partial charge in [0.2, 0.25) is 0 Å². The summed E-state index contributed by atoms with van der Waals surface area (Å²) < 4.78 is 6.53. The molecule has 0 atom stereocenters. The van der Waals surface area contributed by atoms with Crippen LogP contribution in [0.1, 0.15) is 5.69 Å². The van der Waals surface area contributed by atoms with Crippen LogP contribution >= 0.6 is 11.8 Å². The van der Waals surface area contributed by atoms with Crippen LogP contribution in [0.15, 0.2) is 17.3 Å². The number of hydrogen-bond donors (Lipinski definition) is 1. The van der Waals surface area contributed by atoms with Gasteiger partial charge in [-0.25, -0.2) is 4.79 Å². The van der Waals surface area contributed by atoms with Gasteiger partial charge in [-0.3, -0.25) is 4.68 Å². The Morgan fingerprint density at radius 1 is 1.59 bits per heavy atom. The van der Waals surface area contributed by atoms with E-state index in [9.17, 15) is 4.79 Å². The number of nitrogens with zero attached hydrogens (tertiary/aromatic N) is 2. The van der Waals surface area contributed by atoms with Crippen molar-refractivity contribution in [1.29, 1.82) is 0 Å². The van der Waals surface area contributed by atoms with Crippen molar-refractivity contribution in [3.8, 4) is 0 Å². The highest BCUT2D eigenvalue weighted by Crippen LogP contribution is 2.26. The highest BCUT2D eigenvalue weighted by Gasteiger charge is 2.22. The SMILES string of the molecule is COC(=O)C1=C(Nc2cc(C)nn2C)CSC1. The summed E-state index contributed by atoms with van der Waals surface area (Å²) in [5.41, 5.74) is 2.59. The van der Waals surface area contributed by atoms with E-state index in [-0.39, 0.29) is 5.97 Å². The molecule has 2 heterocycles. The van der Waals surface area contributed by atoms with Crippen LogP contribution in [0.2, 0.25) is 0 Å². The number of anilines is 1. The Balaban J connectivity index is 2.22. The Bertz CT molecular complexity index is 479. The third-order valence-electron chi connectivity index (χ3n) is 2.57. The van der Waals surface area contributed by atoms with Gasteiger partial charge in [0.25, 0.3) is 0 Å². The average Bonchev–Trinajstić information content (AvgIpc) is 2.86. The molecule has 0 unspecified atom stereocenters. The molecule has 0 fully saturated rings. The number of nitrogens with one attached hydrogen (secondary N) is 1. The number of hydrogen-bond acceptors (Lipinski definition) is 5. The molecule has 0 saturated carbocycles. The predicted octanol–water partition coefficient (Wildman–Crippen LogP) is 1.31. The van der Waals surface area contributed by atoms with Crippen LogP contribution in [0.3, 0.4) is 0 Å². The Kier molecular flexibility index (Phi) is 3.42. The van der Waals surface area contributed by atoms with Gasteiger partial charge >= 0.3 is 5.97 Å². The second-order valence-electron chi connectivity index (χ2n) is 3.86. The van der Waals surface area contributed by atoms with E-state index in [1.807, 2.05) is 20.0 Å². The fourth-order valence-corrected chi connectivity index (χ4v) is 2.78. The number of aromatic nitrogens is 2. The van der Waals surface area contributed by atoms with Crippen molar-refractivity contribution in [2.75, 3.05) is 23.9 Å². The summed E-state index contributed by atoms with van der Waals surface area (Å²) in [6.45, 7) is 1.93. The molecule has 1 aliphatic heterocycles. The summed E-state index contributed by atoms with van der Waals surface area (Å²) in [4.78, 5) is 11.5. The molecule has 0 radical (unpaired) electrons. The van der Waals surface area contributed by atoms with Crippen molar-refractivity contribution in [2.24, 2.45) is 7.05 Å². The van der Waals surface area contributed by atoms with E-state index in [2.05, 4.69) is 10.4 Å². The fraction of sp³-hybridized carbons (Fsp3) is 0.455. The van der Waals surface area contributed by atoms with Gasteiger partial charge in [0, 0.05) is 30.3 Å². The molecule has 17 heavy (non-hydrogen) atoms. The van der Waals surface area contributed by atoms with Crippen molar-refractivity contribution < 1.29 is 9.53 Å². The standard InChI is InChI=1S/C11H15N3O2S/c1-7-4-10(14(2)13-7)12-9-6-17-5-8(9)11(15)16-3/h4,12H,5-6H2,1-3H3. The lowest BCUT2D eigenvalue weighted by atomic mass is 10.2. The summed E-state index contributed by atoms with van der Waals surface area (Å²) in [6.07, 6.45) is 0. The first-order valence-corrected chi connectivity index (χ1v) is 6.43. The number of carbonyl (C=O) groups excluding carboxylic acids is 1. The Morgan fingerprint density at radius 2 is 2.35 bits per heavy atom. The van der Waals surface area contributed by atoms with Crippen LogP contribution in [0.4, 0.5) is 5.82 Å². The molecule has 5 nitrogen and oxygen atoms in total. The molecule has 0 amide bonds. The molecule has 0 spiro atoms. The lowest BCUT2D eigenvalue weighted by Gasteiger charge is -2.08. The minimum atomic E-state index is -0.253. The summed E-state index contributed by atoms with van der Waals surface area (Å²) in [6, 6.07) is 1.95. The van der Waals surface area contributed by atoms with Gasteiger partial charge in [-0.15, -0.1) is 0 Å². The monoisotopic (exact) mass is 253 g/mol. The van der Waals surface area contributed by atoms with Crippen LogP contribution in [-0.4, -0.2) is 34.4 Å². The maximum Gasteiger partial charge on any atom is 0.336 e. The van der Waals surface area contributed by atoms with Crippen molar-refractivity contribution in [2.45, 2.75) is 6.92 Å². The molecule has 2 rings (SSSR count). The summed E-state index contributed by atoms with van der Waals surface area (Å²) >= 11 is 1.70. The second kappa shape index (κ2) is 4.83. The minimum absolute atomic E-state index is 0.253. The number of carbonyl (C=O) groups is 1. The maximum atomic E-state index is 11.5. The van der Waals surface area contributed by atoms with Crippen molar-refractivity contribution >= 4 is 23.5 Å². The number of aryl methyl sites for hydroxylation is 2. The molecule has 1 aliphatic rings. The maximum absolute atomic E-state index is 11.5. The van der Waals surface area contributed by atoms with Crippen LogP contribution in [0, 0.1) is 6.92 Å². The molecule has 0 aromatic carbocycles. The molecule has 0 aliphatic carbocycles. The minimum Gasteiger partial charge on any atom is -0.466 e. The predicted molar refractivity (Wildman–Crippen MR) is 67.9 cm³/mol. The van der Waals surface area contributed by atoms with E-state index in [4.69, 9.17) is 4.74 Å². The van der Waals surface area contributed by atoms with Crippen LogP contribution < -0.4 is 5.32 Å². The van der Waals surface area contributed by atoms with E-state index in [1.165, 1.54) is 7.11 Å². The van der Waals surface area contributed by atoms with E-state index < -0.39 is 0 Å². The lowest BCUT2D eigenvalue weighted by molar-refractivity contribution is -0.136. The van der Waals surface area contributed by atoms with E-state index in [1.54, 1.807) is 16.4 Å². The summed E-state index contributed by atoms with van der Waals surface area (Å²) in [5, 5.41) is 7.51. The molecule has 6 heteroatoms. The first kappa shape index (κ1) is 12.0. The van der Waals surface area contributed by atoms with Crippen molar-refractivity contribution in [3.63, 3.8) is 0 Å².